The van der Waals surface area contributed by atoms with E-state index in [1.807, 2.05) is 0 Å². The Labute approximate surface area is 282 Å². The largest absolute Gasteiger partial charge is 0.308 e. The van der Waals surface area contributed by atoms with Crippen LogP contribution in [0.15, 0.2) is 176 Å². The lowest BCUT2D eigenvalue weighted by Crippen LogP contribution is -2.11. The highest BCUT2D eigenvalue weighted by molar-refractivity contribution is 6.26. The van der Waals surface area contributed by atoms with E-state index in [0.29, 0.717) is 0 Å². The van der Waals surface area contributed by atoms with Gasteiger partial charge in [-0.25, -0.2) is 0 Å². The van der Waals surface area contributed by atoms with Gasteiger partial charge in [0.05, 0.1) is 33.4 Å². The number of hydrogen-bond acceptors (Lipinski definition) is 1. The molecule has 0 aliphatic carbocycles. The van der Waals surface area contributed by atoms with Crippen molar-refractivity contribution in [2.45, 2.75) is 0 Å². The fourth-order valence-electron chi connectivity index (χ4n) is 8.36. The number of para-hydroxylation sites is 4. The molecule has 0 amide bonds. The minimum Gasteiger partial charge on any atom is -0.308 e. The third kappa shape index (κ3) is 3.62. The molecule has 0 radical (unpaired) electrons. The topological polar surface area (TPSA) is 12.1 Å². The Balaban J connectivity index is 1.23. The number of anilines is 3. The van der Waals surface area contributed by atoms with Gasteiger partial charge >= 0.3 is 0 Å². The van der Waals surface area contributed by atoms with Gasteiger partial charge in [-0.1, -0.05) is 133 Å². The van der Waals surface area contributed by atoms with Crippen LogP contribution in [0, 0.1) is 0 Å². The summed E-state index contributed by atoms with van der Waals surface area (Å²) >= 11 is 0. The molecule has 3 nitrogen and oxygen atoms in total. The van der Waals surface area contributed by atoms with Crippen LogP contribution in [-0.4, -0.2) is 8.80 Å². The molecule has 0 atom stereocenters. The predicted molar refractivity (Wildman–Crippen MR) is 207 cm³/mol. The molecule has 228 valence electrons. The van der Waals surface area contributed by atoms with Gasteiger partial charge in [0.2, 0.25) is 0 Å². The first-order valence-corrected chi connectivity index (χ1v) is 16.9. The Hall–Kier alpha value is -6.58. The second-order valence-electron chi connectivity index (χ2n) is 13.0. The molecule has 49 heavy (non-hydrogen) atoms. The fraction of sp³-hybridized carbons (Fsp3) is 0. The molecule has 0 saturated carbocycles. The van der Waals surface area contributed by atoms with Crippen molar-refractivity contribution in [3.05, 3.63) is 176 Å². The Morgan fingerprint density at radius 3 is 1.71 bits per heavy atom. The van der Waals surface area contributed by atoms with Gasteiger partial charge in [-0.05, 0) is 69.8 Å². The first-order valence-electron chi connectivity index (χ1n) is 16.9. The van der Waals surface area contributed by atoms with Crippen LogP contribution < -0.4 is 4.90 Å². The van der Waals surface area contributed by atoms with Crippen LogP contribution in [0.5, 0.6) is 0 Å². The number of rotatable bonds is 4. The maximum absolute atomic E-state index is 2.50. The van der Waals surface area contributed by atoms with E-state index in [-0.39, 0.29) is 0 Å². The van der Waals surface area contributed by atoms with Gasteiger partial charge in [0.1, 0.15) is 5.65 Å². The number of fused-ring (bicyclic) bond motifs is 11. The van der Waals surface area contributed by atoms with Gasteiger partial charge in [-0.2, -0.15) is 0 Å². The Morgan fingerprint density at radius 2 is 0.918 bits per heavy atom. The average molecular weight is 624 g/mol. The van der Waals surface area contributed by atoms with Gasteiger partial charge < -0.3 is 4.90 Å². The maximum atomic E-state index is 2.50. The van der Waals surface area contributed by atoms with Gasteiger partial charge in [0.15, 0.2) is 0 Å². The quantitative estimate of drug-likeness (QED) is 0.190. The summed E-state index contributed by atoms with van der Waals surface area (Å²) in [7, 11) is 0. The summed E-state index contributed by atoms with van der Waals surface area (Å²) in [6.07, 6.45) is 0. The van der Waals surface area contributed by atoms with Crippen molar-refractivity contribution < 1.29 is 0 Å². The van der Waals surface area contributed by atoms with E-state index in [4.69, 9.17) is 0 Å². The van der Waals surface area contributed by atoms with Gasteiger partial charge in [-0.15, -0.1) is 0 Å². The van der Waals surface area contributed by atoms with E-state index in [1.54, 1.807) is 0 Å². The molecule has 0 spiro atoms. The normalized spacial score (nSPS) is 12.1. The van der Waals surface area contributed by atoms with E-state index in [1.165, 1.54) is 76.5 Å². The molecule has 0 N–H and O–H groups in total. The Kier molecular flexibility index (Phi) is 5.38. The Bertz CT molecular complexity index is 3040. The molecule has 0 aliphatic heterocycles. The van der Waals surface area contributed by atoms with Gasteiger partial charge in [-0.3, -0.25) is 8.80 Å². The van der Waals surface area contributed by atoms with Crippen LogP contribution in [0.2, 0.25) is 0 Å². The molecule has 0 fully saturated rings. The second kappa shape index (κ2) is 9.96. The molecule has 0 bridgehead atoms. The molecule has 0 aliphatic rings. The minimum atomic E-state index is 1.12. The number of imidazole rings is 1. The van der Waals surface area contributed by atoms with Crippen LogP contribution in [0.1, 0.15) is 0 Å². The average Bonchev–Trinajstić information content (AvgIpc) is 3.80. The number of hydrogen-bond donors (Lipinski definition) is 0. The monoisotopic (exact) mass is 623 g/mol. The molecule has 3 heteroatoms. The molecule has 11 aromatic rings. The van der Waals surface area contributed by atoms with Crippen LogP contribution in [0.3, 0.4) is 0 Å². The summed E-state index contributed by atoms with van der Waals surface area (Å²) < 4.78 is 4.95. The van der Waals surface area contributed by atoms with E-state index in [2.05, 4.69) is 190 Å². The van der Waals surface area contributed by atoms with E-state index in [9.17, 15) is 0 Å². The lowest BCUT2D eigenvalue weighted by atomic mass is 9.98. The van der Waals surface area contributed by atoms with Crippen LogP contribution in [-0.2, 0) is 0 Å². The summed E-state index contributed by atoms with van der Waals surface area (Å²) in [5, 5.41) is 8.79. The molecule has 3 heterocycles. The summed E-state index contributed by atoms with van der Waals surface area (Å²) in [5.41, 5.74) is 12.0. The molecular weight excluding hydrogens is 595 g/mol. The van der Waals surface area contributed by atoms with Crippen molar-refractivity contribution in [1.82, 2.24) is 8.80 Å². The van der Waals surface area contributed by atoms with Crippen molar-refractivity contribution in [3.63, 3.8) is 0 Å². The number of aromatic nitrogens is 2. The highest BCUT2D eigenvalue weighted by Crippen LogP contribution is 2.48. The van der Waals surface area contributed by atoms with E-state index in [0.717, 1.165) is 17.1 Å². The summed E-state index contributed by atoms with van der Waals surface area (Å²) in [6, 6.07) is 64.1. The maximum Gasteiger partial charge on any atom is 0.131 e. The molecular formula is C46H29N3. The second-order valence-corrected chi connectivity index (χ2v) is 13.0. The highest BCUT2D eigenvalue weighted by atomic mass is 15.2. The van der Waals surface area contributed by atoms with Crippen molar-refractivity contribution >= 4 is 82.5 Å². The smallest absolute Gasteiger partial charge is 0.131 e. The lowest BCUT2D eigenvalue weighted by molar-refractivity contribution is 1.26. The molecule has 11 rings (SSSR count). The molecule has 0 saturated heterocycles. The van der Waals surface area contributed by atoms with Crippen LogP contribution in [0.25, 0.3) is 76.5 Å². The molecule has 8 aromatic carbocycles. The third-order valence-corrected chi connectivity index (χ3v) is 10.4. The highest BCUT2D eigenvalue weighted by Gasteiger charge is 2.26. The van der Waals surface area contributed by atoms with Crippen molar-refractivity contribution in [2.75, 3.05) is 4.90 Å². The fourth-order valence-corrected chi connectivity index (χ4v) is 8.36. The van der Waals surface area contributed by atoms with E-state index < -0.39 is 0 Å². The van der Waals surface area contributed by atoms with E-state index >= 15 is 0 Å². The summed E-state index contributed by atoms with van der Waals surface area (Å²) in [6.45, 7) is 0. The first-order chi connectivity index (χ1) is 24.3. The predicted octanol–water partition coefficient (Wildman–Crippen LogP) is 12.5. The Morgan fingerprint density at radius 1 is 0.367 bits per heavy atom. The third-order valence-electron chi connectivity index (χ3n) is 10.4. The van der Waals surface area contributed by atoms with Crippen LogP contribution in [0.4, 0.5) is 17.1 Å². The van der Waals surface area contributed by atoms with Crippen LogP contribution >= 0.6 is 0 Å². The van der Waals surface area contributed by atoms with Gasteiger partial charge in [0, 0.05) is 27.2 Å². The van der Waals surface area contributed by atoms with Crippen molar-refractivity contribution in [2.24, 2.45) is 0 Å². The number of nitrogens with zero attached hydrogens (tertiary/aromatic N) is 3. The van der Waals surface area contributed by atoms with Crippen molar-refractivity contribution in [1.29, 1.82) is 0 Å². The lowest BCUT2D eigenvalue weighted by Gasteiger charge is -2.28. The SMILES string of the molecule is c1ccc2c(-c3ccc(N(c4cccc5ccccc45)c4cccc5c6c7ccccc7n7c8ccccc8n(c45)c67)cc3)cccc2c1. The zero-order valence-electron chi connectivity index (χ0n) is 26.6. The molecule has 0 unspecified atom stereocenters. The summed E-state index contributed by atoms with van der Waals surface area (Å²) in [5.74, 6) is 0. The van der Waals surface area contributed by atoms with Crippen molar-refractivity contribution in [3.8, 4) is 11.1 Å². The zero-order valence-corrected chi connectivity index (χ0v) is 26.6. The van der Waals surface area contributed by atoms with Gasteiger partial charge in [0.25, 0.3) is 0 Å². The molecule has 3 aromatic heterocycles. The minimum absolute atomic E-state index is 1.12. The number of benzene rings is 8. The standard InChI is InChI=1S/C46H29N3/c1-3-16-34-30(12-1)14-9-19-35(34)32-26-28-33(29-27-32)47(39-24-10-15-31-13-2-4-17-36(31)39)43-25-11-20-38-44-37-18-5-6-21-40(37)48-41-22-7-8-23-42(41)49(45(38)43)46(44)48/h1-29H. The first kappa shape index (κ1) is 26.5. The summed E-state index contributed by atoms with van der Waals surface area (Å²) in [4.78, 5) is 2.47. The zero-order chi connectivity index (χ0) is 32.1.